The number of amides is 1. The fraction of sp³-hybridized carbons (Fsp3) is 0.929. The van der Waals surface area contributed by atoms with E-state index in [0.29, 0.717) is 24.9 Å². The summed E-state index contributed by atoms with van der Waals surface area (Å²) < 4.78 is 0. The van der Waals surface area contributed by atoms with Gasteiger partial charge in [-0.2, -0.15) is 0 Å². The summed E-state index contributed by atoms with van der Waals surface area (Å²) >= 11 is 0. The number of nitrogens with one attached hydrogen (secondary N) is 2. The highest BCUT2D eigenvalue weighted by Gasteiger charge is 2.29. The van der Waals surface area contributed by atoms with E-state index in [2.05, 4.69) is 29.4 Å². The largest absolute Gasteiger partial charge is 0.392 e. The molecule has 0 aromatic heterocycles. The van der Waals surface area contributed by atoms with Crippen LogP contribution in [0.1, 0.15) is 33.1 Å². The van der Waals surface area contributed by atoms with Crippen molar-refractivity contribution in [1.29, 1.82) is 0 Å². The fourth-order valence-corrected chi connectivity index (χ4v) is 3.02. The van der Waals surface area contributed by atoms with Gasteiger partial charge in [0.25, 0.3) is 0 Å². The van der Waals surface area contributed by atoms with Gasteiger partial charge in [-0.15, -0.1) is 24.8 Å². The summed E-state index contributed by atoms with van der Waals surface area (Å²) in [6.07, 6.45) is 2.58. The molecule has 2 fully saturated rings. The van der Waals surface area contributed by atoms with Crippen LogP contribution in [0.15, 0.2) is 0 Å². The molecule has 2 heterocycles. The monoisotopic (exact) mass is 341 g/mol. The number of nitrogens with zero attached hydrogens (tertiary/aromatic N) is 1. The Morgan fingerprint density at radius 2 is 2.14 bits per heavy atom. The number of aliphatic hydroxyl groups excluding tert-OH is 1. The van der Waals surface area contributed by atoms with E-state index in [-0.39, 0.29) is 42.9 Å². The Balaban J connectivity index is 0.00000200. The number of hydrogen-bond donors (Lipinski definition) is 3. The molecule has 0 radical (unpaired) electrons. The number of likely N-dealkylation sites (tertiary alicyclic amines) is 1. The van der Waals surface area contributed by atoms with Crippen molar-refractivity contribution >= 4 is 30.7 Å². The lowest BCUT2D eigenvalue weighted by atomic mass is 9.97. The third kappa shape index (κ3) is 6.28. The number of piperidine rings is 1. The molecule has 3 atom stereocenters. The smallest absolute Gasteiger partial charge is 0.237 e. The summed E-state index contributed by atoms with van der Waals surface area (Å²) in [7, 11) is 0. The topological polar surface area (TPSA) is 64.6 Å². The van der Waals surface area contributed by atoms with Crippen molar-refractivity contribution in [1.82, 2.24) is 15.5 Å². The third-order valence-corrected chi connectivity index (χ3v) is 4.27. The summed E-state index contributed by atoms with van der Waals surface area (Å²) in [6, 6.07) is 0.380. The minimum atomic E-state index is -0.373. The van der Waals surface area contributed by atoms with Gasteiger partial charge in [0.1, 0.15) is 0 Å². The molecule has 0 spiro atoms. The average Bonchev–Trinajstić information content (AvgIpc) is 2.83. The summed E-state index contributed by atoms with van der Waals surface area (Å²) in [5.41, 5.74) is 0. The number of halogens is 2. The molecule has 7 heteroatoms. The van der Waals surface area contributed by atoms with E-state index in [1.807, 2.05) is 0 Å². The van der Waals surface area contributed by atoms with E-state index in [1.165, 1.54) is 19.4 Å². The zero-order chi connectivity index (χ0) is 13.8. The highest BCUT2D eigenvalue weighted by atomic mass is 35.5. The van der Waals surface area contributed by atoms with Gasteiger partial charge < -0.3 is 20.6 Å². The van der Waals surface area contributed by atoms with Crippen LogP contribution in [-0.4, -0.2) is 60.3 Å². The SMILES string of the molecule is CC(C)N1CCCC(CNC(=O)C2CC(O)CN2)C1.Cl.Cl. The highest BCUT2D eigenvalue weighted by Crippen LogP contribution is 2.17. The van der Waals surface area contributed by atoms with E-state index < -0.39 is 0 Å². The first-order valence-corrected chi connectivity index (χ1v) is 7.49. The summed E-state index contributed by atoms with van der Waals surface area (Å²) in [6.45, 7) is 8.01. The summed E-state index contributed by atoms with van der Waals surface area (Å²) in [5.74, 6) is 0.602. The second-order valence-electron chi connectivity index (χ2n) is 6.19. The Kier molecular flexibility index (Phi) is 9.81. The molecule has 0 aromatic rings. The van der Waals surface area contributed by atoms with E-state index in [9.17, 15) is 9.90 Å². The van der Waals surface area contributed by atoms with E-state index >= 15 is 0 Å². The highest BCUT2D eigenvalue weighted by molar-refractivity contribution is 5.85. The van der Waals surface area contributed by atoms with Crippen LogP contribution in [0.25, 0.3) is 0 Å². The molecule has 2 aliphatic rings. The molecule has 21 heavy (non-hydrogen) atoms. The molecule has 0 saturated carbocycles. The molecule has 5 nitrogen and oxygen atoms in total. The first kappa shape index (κ1) is 20.9. The van der Waals surface area contributed by atoms with Gasteiger partial charge >= 0.3 is 0 Å². The van der Waals surface area contributed by atoms with Gasteiger partial charge in [-0.3, -0.25) is 4.79 Å². The zero-order valence-electron chi connectivity index (χ0n) is 12.9. The Morgan fingerprint density at radius 3 is 2.71 bits per heavy atom. The van der Waals surface area contributed by atoms with Crippen molar-refractivity contribution < 1.29 is 9.90 Å². The van der Waals surface area contributed by atoms with Crippen molar-refractivity contribution in [2.24, 2.45) is 5.92 Å². The Labute approximate surface area is 140 Å². The van der Waals surface area contributed by atoms with Gasteiger partial charge in [-0.25, -0.2) is 0 Å². The van der Waals surface area contributed by atoms with Crippen LogP contribution in [0.3, 0.4) is 0 Å². The molecule has 2 saturated heterocycles. The van der Waals surface area contributed by atoms with Crippen molar-refractivity contribution in [2.45, 2.75) is 51.3 Å². The third-order valence-electron chi connectivity index (χ3n) is 4.27. The van der Waals surface area contributed by atoms with Gasteiger partial charge in [-0.05, 0) is 45.6 Å². The maximum Gasteiger partial charge on any atom is 0.237 e. The molecule has 0 aliphatic carbocycles. The van der Waals surface area contributed by atoms with E-state index in [1.54, 1.807) is 0 Å². The molecule has 126 valence electrons. The van der Waals surface area contributed by atoms with Gasteiger partial charge in [0, 0.05) is 25.7 Å². The summed E-state index contributed by atoms with van der Waals surface area (Å²) in [5, 5.41) is 15.5. The van der Waals surface area contributed by atoms with E-state index in [0.717, 1.165) is 13.1 Å². The molecule has 0 bridgehead atoms. The maximum atomic E-state index is 12.0. The lowest BCUT2D eigenvalue weighted by Crippen LogP contribution is -2.46. The normalized spacial score (nSPS) is 29.6. The van der Waals surface area contributed by atoms with Gasteiger partial charge in [0.05, 0.1) is 12.1 Å². The number of rotatable bonds is 4. The minimum absolute atomic E-state index is 0. The Bertz CT molecular complexity index is 319. The predicted octanol–water partition coefficient (Wildman–Crippen LogP) is 0.789. The molecular formula is C14H29Cl2N3O2. The van der Waals surface area contributed by atoms with Crippen LogP contribution in [0.5, 0.6) is 0 Å². The molecule has 2 aliphatic heterocycles. The number of β-amino-alcohol motifs (C(OH)–C–C–N with tert-alkyl or cyclic N) is 1. The first-order chi connectivity index (χ1) is 9.06. The van der Waals surface area contributed by atoms with Crippen LogP contribution >= 0.6 is 24.8 Å². The number of carbonyl (C=O) groups excluding carboxylic acids is 1. The molecule has 3 unspecified atom stereocenters. The number of aliphatic hydroxyl groups is 1. The Morgan fingerprint density at radius 1 is 1.43 bits per heavy atom. The molecule has 1 amide bonds. The maximum absolute atomic E-state index is 12.0. The molecule has 3 N–H and O–H groups in total. The van der Waals surface area contributed by atoms with Crippen LogP contribution in [0.4, 0.5) is 0 Å². The van der Waals surface area contributed by atoms with Gasteiger partial charge in [0.15, 0.2) is 0 Å². The van der Waals surface area contributed by atoms with Crippen LogP contribution < -0.4 is 10.6 Å². The second kappa shape index (κ2) is 9.85. The summed E-state index contributed by atoms with van der Waals surface area (Å²) in [4.78, 5) is 14.4. The lowest BCUT2D eigenvalue weighted by molar-refractivity contribution is -0.123. The zero-order valence-corrected chi connectivity index (χ0v) is 14.5. The minimum Gasteiger partial charge on any atom is -0.392 e. The van der Waals surface area contributed by atoms with E-state index in [4.69, 9.17) is 0 Å². The van der Waals surface area contributed by atoms with Crippen LogP contribution in [-0.2, 0) is 4.79 Å². The van der Waals surface area contributed by atoms with Crippen molar-refractivity contribution in [2.75, 3.05) is 26.2 Å². The molecular weight excluding hydrogens is 313 g/mol. The predicted molar refractivity (Wildman–Crippen MR) is 89.4 cm³/mol. The Hall–Kier alpha value is -0.0700. The quantitative estimate of drug-likeness (QED) is 0.707. The van der Waals surface area contributed by atoms with Gasteiger partial charge in [0.2, 0.25) is 5.91 Å². The van der Waals surface area contributed by atoms with Crippen molar-refractivity contribution in [3.63, 3.8) is 0 Å². The second-order valence-corrected chi connectivity index (χ2v) is 6.19. The number of hydrogen-bond acceptors (Lipinski definition) is 4. The van der Waals surface area contributed by atoms with Crippen LogP contribution in [0.2, 0.25) is 0 Å². The van der Waals surface area contributed by atoms with Gasteiger partial charge in [-0.1, -0.05) is 0 Å². The molecule has 2 rings (SSSR count). The van der Waals surface area contributed by atoms with Crippen molar-refractivity contribution in [3.8, 4) is 0 Å². The standard InChI is InChI=1S/C14H27N3O2.2ClH/c1-10(2)17-5-3-4-11(9-17)7-16-14(19)13-6-12(18)8-15-13;;/h10-13,15,18H,3-9H2,1-2H3,(H,16,19);2*1H. The number of carbonyl (C=O) groups is 1. The fourth-order valence-electron chi connectivity index (χ4n) is 3.02. The van der Waals surface area contributed by atoms with Crippen molar-refractivity contribution in [3.05, 3.63) is 0 Å². The lowest BCUT2D eigenvalue weighted by Gasteiger charge is -2.35. The first-order valence-electron chi connectivity index (χ1n) is 7.49. The van der Waals surface area contributed by atoms with Crippen LogP contribution in [0, 0.1) is 5.92 Å². The average molecular weight is 342 g/mol. The molecule has 0 aromatic carbocycles.